The van der Waals surface area contributed by atoms with Gasteiger partial charge >= 0.3 is 11.7 Å². The molecule has 2 amide bonds. The summed E-state index contributed by atoms with van der Waals surface area (Å²) in [6.07, 6.45) is 10.3. The number of rotatable bonds is 3. The van der Waals surface area contributed by atoms with Crippen molar-refractivity contribution in [3.05, 3.63) is 34.4 Å². The Morgan fingerprint density at radius 3 is 2.74 bits per heavy atom. The number of fused-ring (bicyclic) bond motifs is 5. The van der Waals surface area contributed by atoms with Crippen LogP contribution in [0.25, 0.3) is 0 Å². The average Bonchev–Trinajstić information content (AvgIpc) is 3.23. The van der Waals surface area contributed by atoms with Crippen LogP contribution in [0.15, 0.2) is 27.6 Å². The van der Waals surface area contributed by atoms with Crippen LogP contribution in [0.4, 0.5) is 4.79 Å². The second kappa shape index (κ2) is 9.88. The molecule has 2 heterocycles. The Morgan fingerprint density at radius 1 is 1.15 bits per heavy atom. The third-order valence-corrected chi connectivity index (χ3v) is 12.6. The molecular weight excluding hydrogens is 494 g/mol. The van der Waals surface area contributed by atoms with Gasteiger partial charge in [0.25, 0.3) is 0 Å². The number of piperazine rings is 1. The number of nitrogens with one attached hydrogen (secondary N) is 1. The fourth-order valence-corrected chi connectivity index (χ4v) is 10.2. The van der Waals surface area contributed by atoms with Gasteiger partial charge in [-0.2, -0.15) is 0 Å². The number of nitrogens with zero attached hydrogens (tertiary/aromatic N) is 2. The second-order valence-corrected chi connectivity index (χ2v) is 13.9. The molecule has 5 aliphatic rings. The fraction of sp³-hybridized carbons (Fsp3) is 0.806. The summed E-state index contributed by atoms with van der Waals surface area (Å²) in [4.78, 5) is 29.9. The van der Waals surface area contributed by atoms with Gasteiger partial charge in [-0.25, -0.2) is 9.59 Å². The summed E-state index contributed by atoms with van der Waals surface area (Å²) >= 11 is 0. The fourth-order valence-electron chi connectivity index (χ4n) is 10.2. The maximum atomic E-state index is 13.4. The zero-order chi connectivity index (χ0) is 27.6. The van der Waals surface area contributed by atoms with Gasteiger partial charge in [0, 0.05) is 49.7 Å². The number of amides is 2. The number of aliphatic hydroxyl groups is 2. The lowest BCUT2D eigenvalue weighted by Crippen LogP contribution is -2.63. The highest BCUT2D eigenvalue weighted by molar-refractivity contribution is 5.74. The summed E-state index contributed by atoms with van der Waals surface area (Å²) in [5.41, 5.74) is -0.423. The monoisotopic (exact) mass is 541 g/mol. The molecule has 0 spiro atoms. The van der Waals surface area contributed by atoms with Crippen molar-refractivity contribution < 1.29 is 19.4 Å². The Labute approximate surface area is 232 Å². The highest BCUT2D eigenvalue weighted by Crippen LogP contribution is 2.70. The Morgan fingerprint density at radius 2 is 1.97 bits per heavy atom. The Kier molecular flexibility index (Phi) is 6.91. The van der Waals surface area contributed by atoms with E-state index >= 15 is 0 Å². The Bertz CT molecular complexity index is 1140. The van der Waals surface area contributed by atoms with Gasteiger partial charge in [0.1, 0.15) is 0 Å². The van der Waals surface area contributed by atoms with Crippen LogP contribution in [-0.4, -0.2) is 77.0 Å². The molecule has 1 aromatic rings. The summed E-state index contributed by atoms with van der Waals surface area (Å²) < 4.78 is 5.23. The number of hydrogen-bond donors (Lipinski definition) is 3. The van der Waals surface area contributed by atoms with E-state index in [0.29, 0.717) is 24.9 Å². The van der Waals surface area contributed by atoms with Crippen molar-refractivity contribution in [2.24, 2.45) is 28.6 Å². The molecule has 0 aromatic carbocycles. The first kappa shape index (κ1) is 27.3. The normalized spacial score (nSPS) is 43.8. The molecule has 1 aliphatic heterocycles. The lowest BCUT2D eigenvalue weighted by Gasteiger charge is -2.64. The summed E-state index contributed by atoms with van der Waals surface area (Å²) in [5, 5.41) is 25.3. The van der Waals surface area contributed by atoms with Gasteiger partial charge in [0.15, 0.2) is 0 Å². The van der Waals surface area contributed by atoms with Crippen molar-refractivity contribution in [3.63, 3.8) is 0 Å². The number of aliphatic hydroxyl groups excluding tert-OH is 1. The lowest BCUT2D eigenvalue weighted by atomic mass is 9.43. The van der Waals surface area contributed by atoms with E-state index < -0.39 is 5.60 Å². The van der Waals surface area contributed by atoms with E-state index in [0.717, 1.165) is 69.9 Å². The first-order valence-corrected chi connectivity index (χ1v) is 15.3. The number of urea groups is 1. The van der Waals surface area contributed by atoms with Crippen molar-refractivity contribution in [1.82, 2.24) is 15.1 Å². The minimum Gasteiger partial charge on any atom is -0.431 e. The Hall–Kier alpha value is -1.90. The molecule has 4 aliphatic carbocycles. The van der Waals surface area contributed by atoms with Gasteiger partial charge in [-0.1, -0.05) is 13.8 Å². The zero-order valence-corrected chi connectivity index (χ0v) is 23.9. The van der Waals surface area contributed by atoms with Crippen LogP contribution < -0.4 is 10.9 Å². The molecule has 216 valence electrons. The lowest BCUT2D eigenvalue weighted by molar-refractivity contribution is -0.203. The molecule has 9 atom stereocenters. The van der Waals surface area contributed by atoms with E-state index in [1.165, 1.54) is 6.26 Å². The molecule has 3 N–H and O–H groups in total. The highest BCUT2D eigenvalue weighted by Gasteiger charge is 2.67. The van der Waals surface area contributed by atoms with Crippen LogP contribution in [0.3, 0.4) is 0 Å². The standard InChI is InChI=1S/C31H47N3O5/c1-29-11-8-22(33(3)28(37)34-15-14-32-21(18-34)19-35)17-20(29)6-7-26-25(29)9-12-30(2)24(10-13-31(26,30)38)23-5-4-16-39-27(23)36/h4-5,16,20-22,24-26,32,35,38H,6-15,17-19H2,1-3H3/t20-,21-,22+,24+,25+,26-,29+,30-,31+/m1/s1. The van der Waals surface area contributed by atoms with E-state index in [4.69, 9.17) is 4.42 Å². The molecule has 4 saturated carbocycles. The Balaban J connectivity index is 1.17. The van der Waals surface area contributed by atoms with Crippen molar-refractivity contribution in [1.29, 1.82) is 0 Å². The predicted molar refractivity (Wildman–Crippen MR) is 148 cm³/mol. The van der Waals surface area contributed by atoms with E-state index in [9.17, 15) is 19.8 Å². The minimum absolute atomic E-state index is 0.0391. The van der Waals surface area contributed by atoms with Crippen LogP contribution in [0.5, 0.6) is 0 Å². The maximum absolute atomic E-state index is 13.4. The van der Waals surface area contributed by atoms with Crippen LogP contribution >= 0.6 is 0 Å². The third kappa shape index (κ3) is 4.11. The van der Waals surface area contributed by atoms with E-state index in [2.05, 4.69) is 19.2 Å². The van der Waals surface area contributed by atoms with Crippen LogP contribution in [-0.2, 0) is 0 Å². The molecule has 8 nitrogen and oxygen atoms in total. The van der Waals surface area contributed by atoms with Gasteiger partial charge in [-0.3, -0.25) is 0 Å². The highest BCUT2D eigenvalue weighted by atomic mass is 16.4. The topological polar surface area (TPSA) is 106 Å². The molecule has 39 heavy (non-hydrogen) atoms. The summed E-state index contributed by atoms with van der Waals surface area (Å²) in [7, 11) is 1.96. The molecular formula is C31H47N3O5. The van der Waals surface area contributed by atoms with E-state index in [-0.39, 0.29) is 53.0 Å². The summed E-state index contributed by atoms with van der Waals surface area (Å²) in [6.45, 7) is 6.71. The number of hydrogen-bond acceptors (Lipinski definition) is 6. The molecule has 8 heteroatoms. The zero-order valence-electron chi connectivity index (χ0n) is 23.9. The first-order chi connectivity index (χ1) is 18.6. The molecule has 5 fully saturated rings. The molecule has 6 rings (SSSR count). The van der Waals surface area contributed by atoms with Crippen LogP contribution in [0.1, 0.15) is 83.1 Å². The summed E-state index contributed by atoms with van der Waals surface area (Å²) in [6, 6.07) is 3.99. The first-order valence-electron chi connectivity index (χ1n) is 15.3. The van der Waals surface area contributed by atoms with Crippen LogP contribution in [0.2, 0.25) is 0 Å². The van der Waals surface area contributed by atoms with E-state index in [1.807, 2.05) is 29.0 Å². The molecule has 1 saturated heterocycles. The minimum atomic E-state index is -0.758. The van der Waals surface area contributed by atoms with Crippen molar-refractivity contribution in [2.75, 3.05) is 33.3 Å². The molecule has 0 bridgehead atoms. The third-order valence-electron chi connectivity index (χ3n) is 12.6. The van der Waals surface area contributed by atoms with E-state index in [1.54, 1.807) is 0 Å². The van der Waals surface area contributed by atoms with Gasteiger partial charge in [-0.15, -0.1) is 0 Å². The number of carbonyl (C=O) groups is 1. The van der Waals surface area contributed by atoms with Gasteiger partial charge in [0.05, 0.1) is 18.5 Å². The molecule has 1 aromatic heterocycles. The van der Waals surface area contributed by atoms with Crippen molar-refractivity contribution in [2.45, 2.75) is 95.2 Å². The van der Waals surface area contributed by atoms with Gasteiger partial charge < -0.3 is 29.7 Å². The largest absolute Gasteiger partial charge is 0.431 e. The molecule has 0 radical (unpaired) electrons. The number of carbonyl (C=O) groups excluding carboxylic acids is 1. The van der Waals surface area contributed by atoms with Gasteiger partial charge in [-0.05, 0) is 99.0 Å². The van der Waals surface area contributed by atoms with Gasteiger partial charge in [0.2, 0.25) is 0 Å². The van der Waals surface area contributed by atoms with Crippen molar-refractivity contribution in [3.8, 4) is 0 Å². The maximum Gasteiger partial charge on any atom is 0.339 e. The SMILES string of the molecule is CN(C(=O)N1CCN[C@@H](CO)C1)[C@H]1CC[C@@]2(C)[C@H](CC[C@@H]3[C@@H]2CC[C@]2(C)[C@H](c4cccoc4=O)CC[C@]32O)C1. The summed E-state index contributed by atoms with van der Waals surface area (Å²) in [5.74, 6) is 1.32. The quantitative estimate of drug-likeness (QED) is 0.540. The second-order valence-electron chi connectivity index (χ2n) is 13.9. The predicted octanol–water partition coefficient (Wildman–Crippen LogP) is 3.57. The smallest absolute Gasteiger partial charge is 0.339 e. The van der Waals surface area contributed by atoms with Crippen LogP contribution in [0, 0.1) is 28.6 Å². The molecule has 0 unspecified atom stereocenters. The average molecular weight is 542 g/mol. The van der Waals surface area contributed by atoms with Crippen molar-refractivity contribution >= 4 is 6.03 Å².